The zero-order valence-corrected chi connectivity index (χ0v) is 17.0. The van der Waals surface area contributed by atoms with E-state index in [4.69, 9.17) is 0 Å². The molecule has 6 nitrogen and oxygen atoms in total. The van der Waals surface area contributed by atoms with Gasteiger partial charge in [-0.2, -0.15) is 0 Å². The van der Waals surface area contributed by atoms with Crippen LogP contribution in [-0.4, -0.2) is 18.8 Å². The molecule has 2 aromatic heterocycles. The summed E-state index contributed by atoms with van der Waals surface area (Å²) in [7, 11) is 3.13. The molecule has 28 heavy (non-hydrogen) atoms. The van der Waals surface area contributed by atoms with Gasteiger partial charge in [-0.3, -0.25) is 13.9 Å². The first kappa shape index (κ1) is 18.5. The molecule has 1 N–H and O–H groups in total. The van der Waals surface area contributed by atoms with Gasteiger partial charge >= 0.3 is 5.69 Å². The van der Waals surface area contributed by atoms with E-state index in [-0.39, 0.29) is 17.9 Å². The van der Waals surface area contributed by atoms with Crippen molar-refractivity contribution in [3.8, 4) is 16.9 Å². The fourth-order valence-electron chi connectivity index (χ4n) is 3.53. The third kappa shape index (κ3) is 2.75. The van der Waals surface area contributed by atoms with Crippen molar-refractivity contribution in [3.63, 3.8) is 0 Å². The molecule has 7 heteroatoms. The quantitative estimate of drug-likeness (QED) is 0.533. The number of aliphatic hydroxyl groups excluding tert-OH is 1. The molecule has 0 saturated carbocycles. The first-order valence-corrected chi connectivity index (χ1v) is 9.49. The van der Waals surface area contributed by atoms with Gasteiger partial charge in [0.25, 0.3) is 5.56 Å². The molecule has 0 aliphatic rings. The zero-order valence-electron chi connectivity index (χ0n) is 15.4. The normalized spacial score (nSPS) is 11.3. The second kappa shape index (κ2) is 6.92. The number of fused-ring (bicyclic) bond motifs is 1. The van der Waals surface area contributed by atoms with E-state index >= 15 is 0 Å². The Labute approximate surface area is 169 Å². The summed E-state index contributed by atoms with van der Waals surface area (Å²) >= 11 is 3.49. The number of rotatable bonds is 3. The van der Waals surface area contributed by atoms with Crippen LogP contribution in [0.25, 0.3) is 27.8 Å². The van der Waals surface area contributed by atoms with Crippen LogP contribution in [0.3, 0.4) is 0 Å². The SMILES string of the molecule is Cn1c(=O)c2c(-c3cccc(Br)c3)n(-c3ccccc3CO)cc2n(C)c1=O. The Kier molecular flexibility index (Phi) is 4.56. The summed E-state index contributed by atoms with van der Waals surface area (Å²) in [5.74, 6) is 0. The average molecular weight is 440 g/mol. The molecule has 0 unspecified atom stereocenters. The molecule has 2 heterocycles. The lowest BCUT2D eigenvalue weighted by Gasteiger charge is -2.13. The van der Waals surface area contributed by atoms with Crippen molar-refractivity contribution in [2.75, 3.05) is 0 Å². The van der Waals surface area contributed by atoms with Crippen LogP contribution in [0.1, 0.15) is 5.56 Å². The number of hydrogen-bond donors (Lipinski definition) is 1. The van der Waals surface area contributed by atoms with Gasteiger partial charge in [0.15, 0.2) is 0 Å². The van der Waals surface area contributed by atoms with Crippen LogP contribution in [0.2, 0.25) is 0 Å². The molecule has 4 aromatic rings. The van der Waals surface area contributed by atoms with Crippen molar-refractivity contribution in [2.45, 2.75) is 6.61 Å². The lowest BCUT2D eigenvalue weighted by Crippen LogP contribution is -2.36. The van der Waals surface area contributed by atoms with Gasteiger partial charge in [-0.25, -0.2) is 4.79 Å². The Hall–Kier alpha value is -2.90. The van der Waals surface area contributed by atoms with Gasteiger partial charge in [-0.15, -0.1) is 0 Å². The molecule has 0 radical (unpaired) electrons. The fraction of sp³-hybridized carbons (Fsp3) is 0.143. The largest absolute Gasteiger partial charge is 0.392 e. The van der Waals surface area contributed by atoms with Crippen LogP contribution in [0.15, 0.2) is 68.8 Å². The predicted molar refractivity (Wildman–Crippen MR) is 113 cm³/mol. The Balaban J connectivity index is 2.24. The minimum absolute atomic E-state index is 0.139. The molecular formula is C21H18BrN3O3. The van der Waals surface area contributed by atoms with Crippen LogP contribution in [0.4, 0.5) is 0 Å². The predicted octanol–water partition coefficient (Wildman–Crippen LogP) is 2.95. The van der Waals surface area contributed by atoms with Crippen molar-refractivity contribution >= 4 is 26.8 Å². The Morgan fingerprint density at radius 2 is 1.75 bits per heavy atom. The van der Waals surface area contributed by atoms with Gasteiger partial charge in [0.05, 0.1) is 28.9 Å². The maximum Gasteiger partial charge on any atom is 0.330 e. The number of aromatic nitrogens is 3. The van der Waals surface area contributed by atoms with Crippen molar-refractivity contribution in [3.05, 3.63) is 85.6 Å². The highest BCUT2D eigenvalue weighted by Gasteiger charge is 2.21. The molecule has 0 aliphatic carbocycles. The molecule has 0 spiro atoms. The van der Waals surface area contributed by atoms with E-state index in [1.165, 1.54) is 11.6 Å². The van der Waals surface area contributed by atoms with E-state index in [1.54, 1.807) is 13.2 Å². The first-order chi connectivity index (χ1) is 13.4. The maximum atomic E-state index is 13.1. The number of hydrogen-bond acceptors (Lipinski definition) is 3. The molecule has 2 aromatic carbocycles. The zero-order chi connectivity index (χ0) is 20.0. The smallest absolute Gasteiger partial charge is 0.330 e. The summed E-state index contributed by atoms with van der Waals surface area (Å²) in [6.45, 7) is -0.139. The number of benzene rings is 2. The third-order valence-electron chi connectivity index (χ3n) is 4.96. The van der Waals surface area contributed by atoms with Gasteiger partial charge in [-0.1, -0.05) is 46.3 Å². The Morgan fingerprint density at radius 3 is 2.46 bits per heavy atom. The van der Waals surface area contributed by atoms with Crippen LogP contribution in [0, 0.1) is 0 Å². The summed E-state index contributed by atoms with van der Waals surface area (Å²) in [6, 6.07) is 15.1. The second-order valence-corrected chi connectivity index (χ2v) is 7.53. The molecule has 4 rings (SSSR count). The summed E-state index contributed by atoms with van der Waals surface area (Å²) in [5, 5.41) is 10.3. The molecule has 0 amide bonds. The van der Waals surface area contributed by atoms with Gasteiger partial charge in [-0.05, 0) is 18.2 Å². The van der Waals surface area contributed by atoms with Crippen LogP contribution < -0.4 is 11.2 Å². The fourth-order valence-corrected chi connectivity index (χ4v) is 3.93. The van der Waals surface area contributed by atoms with Crippen molar-refractivity contribution in [2.24, 2.45) is 14.1 Å². The lowest BCUT2D eigenvalue weighted by molar-refractivity contribution is 0.281. The minimum Gasteiger partial charge on any atom is -0.392 e. The molecular weight excluding hydrogens is 422 g/mol. The van der Waals surface area contributed by atoms with Crippen LogP contribution >= 0.6 is 15.9 Å². The standard InChI is InChI=1S/C21H18BrN3O3/c1-23-17-11-25(16-9-4-3-6-14(16)12-26)19(13-7-5-8-15(22)10-13)18(17)20(27)24(2)21(23)28/h3-11,26H,12H2,1-2H3. The van der Waals surface area contributed by atoms with Gasteiger partial charge in [0.1, 0.15) is 0 Å². The molecule has 0 atom stereocenters. The van der Waals surface area contributed by atoms with Crippen molar-refractivity contribution in [1.82, 2.24) is 13.7 Å². The molecule has 0 saturated heterocycles. The number of halogens is 1. The third-order valence-corrected chi connectivity index (χ3v) is 5.45. The summed E-state index contributed by atoms with van der Waals surface area (Å²) in [6.07, 6.45) is 1.78. The van der Waals surface area contributed by atoms with Crippen molar-refractivity contribution in [1.29, 1.82) is 0 Å². The Bertz CT molecular complexity index is 1330. The van der Waals surface area contributed by atoms with Gasteiger partial charge in [0.2, 0.25) is 0 Å². The van der Waals surface area contributed by atoms with E-state index in [2.05, 4.69) is 15.9 Å². The van der Waals surface area contributed by atoms with E-state index in [9.17, 15) is 14.7 Å². The summed E-state index contributed by atoms with van der Waals surface area (Å²) in [4.78, 5) is 25.5. The molecule has 142 valence electrons. The monoisotopic (exact) mass is 439 g/mol. The van der Waals surface area contributed by atoms with E-state index in [0.717, 1.165) is 25.9 Å². The molecule has 0 aliphatic heterocycles. The number of para-hydroxylation sites is 1. The summed E-state index contributed by atoms with van der Waals surface area (Å²) < 4.78 is 5.34. The van der Waals surface area contributed by atoms with Gasteiger partial charge < -0.3 is 9.67 Å². The highest BCUT2D eigenvalue weighted by atomic mass is 79.9. The van der Waals surface area contributed by atoms with E-state index in [1.807, 2.05) is 53.1 Å². The van der Waals surface area contributed by atoms with Crippen molar-refractivity contribution < 1.29 is 5.11 Å². The van der Waals surface area contributed by atoms with Crippen LogP contribution in [0.5, 0.6) is 0 Å². The minimum atomic E-state index is -0.383. The number of nitrogens with zero attached hydrogens (tertiary/aromatic N) is 3. The van der Waals surface area contributed by atoms with E-state index in [0.29, 0.717) is 16.6 Å². The molecule has 0 bridgehead atoms. The second-order valence-electron chi connectivity index (χ2n) is 6.61. The Morgan fingerprint density at radius 1 is 1.00 bits per heavy atom. The van der Waals surface area contributed by atoms with Crippen LogP contribution in [-0.2, 0) is 20.7 Å². The number of aryl methyl sites for hydroxylation is 1. The molecule has 0 fully saturated rings. The number of aliphatic hydroxyl groups is 1. The first-order valence-electron chi connectivity index (χ1n) is 8.70. The average Bonchev–Trinajstić information content (AvgIpc) is 3.11. The highest BCUT2D eigenvalue weighted by Crippen LogP contribution is 2.33. The van der Waals surface area contributed by atoms with Gasteiger partial charge in [0, 0.05) is 35.9 Å². The lowest BCUT2D eigenvalue weighted by atomic mass is 10.1. The van der Waals surface area contributed by atoms with E-state index < -0.39 is 0 Å². The maximum absolute atomic E-state index is 13.1. The highest BCUT2D eigenvalue weighted by molar-refractivity contribution is 9.10. The topological polar surface area (TPSA) is 69.2 Å². The summed E-state index contributed by atoms with van der Waals surface area (Å²) in [5.41, 5.74) is 2.78.